The summed E-state index contributed by atoms with van der Waals surface area (Å²) in [5.74, 6) is 8.05. The van der Waals surface area contributed by atoms with Gasteiger partial charge in [0.25, 0.3) is 0 Å². The van der Waals surface area contributed by atoms with Crippen molar-refractivity contribution in [2.75, 3.05) is 18.9 Å². The van der Waals surface area contributed by atoms with E-state index in [0.717, 1.165) is 36.5 Å². The Morgan fingerprint density at radius 2 is 1.97 bits per heavy atom. The van der Waals surface area contributed by atoms with E-state index in [0.29, 0.717) is 29.6 Å². The Labute approximate surface area is 177 Å². The highest BCUT2D eigenvalue weighted by Gasteiger charge is 2.17. The molecule has 0 amide bonds. The Bertz CT molecular complexity index is 877. The van der Waals surface area contributed by atoms with Gasteiger partial charge in [-0.3, -0.25) is 0 Å². The molecular weight excluding hydrogens is 380 g/mol. The van der Waals surface area contributed by atoms with Crippen molar-refractivity contribution >= 4 is 11.6 Å². The van der Waals surface area contributed by atoms with Crippen molar-refractivity contribution in [3.05, 3.63) is 41.4 Å². The maximum atomic E-state index is 6.43. The lowest BCUT2D eigenvalue weighted by molar-refractivity contribution is 0.153. The molecule has 0 atom stereocenters. The van der Waals surface area contributed by atoms with E-state index in [2.05, 4.69) is 25.3 Å². The molecule has 9 heteroatoms. The summed E-state index contributed by atoms with van der Waals surface area (Å²) < 4.78 is 6.17. The van der Waals surface area contributed by atoms with Crippen LogP contribution in [0.3, 0.4) is 0 Å². The molecule has 0 unspecified atom stereocenters. The zero-order valence-electron chi connectivity index (χ0n) is 18.1. The molecule has 1 saturated carbocycles. The topological polar surface area (TPSA) is 128 Å². The van der Waals surface area contributed by atoms with Crippen molar-refractivity contribution in [1.82, 2.24) is 24.9 Å². The van der Waals surface area contributed by atoms with Gasteiger partial charge in [0.15, 0.2) is 0 Å². The number of pyridine rings is 1. The molecule has 0 spiro atoms. The standard InChI is InChI=1S/C21H32N8O/c1-4-19-25-13-26-21(28-19)24-12-17(29(3)23)20(22)16-10-11-18(14(2)27-16)30-15-8-6-5-7-9-15/h10-11,13,15H,4-9,12,22-23H2,1-3H3,(H,24,25,26,28)/b20-17-. The lowest BCUT2D eigenvalue weighted by atomic mass is 9.98. The van der Waals surface area contributed by atoms with Gasteiger partial charge in [0.05, 0.1) is 35.4 Å². The first-order valence-electron chi connectivity index (χ1n) is 10.5. The lowest BCUT2D eigenvalue weighted by Crippen LogP contribution is -2.32. The van der Waals surface area contributed by atoms with E-state index in [1.165, 1.54) is 30.6 Å². The molecule has 0 radical (unpaired) electrons. The number of likely N-dealkylation sites (N-methyl/N-ethyl adjacent to an activating group) is 1. The van der Waals surface area contributed by atoms with Gasteiger partial charge in [-0.2, -0.15) is 4.98 Å². The number of aryl methyl sites for hydroxylation is 2. The van der Waals surface area contributed by atoms with Gasteiger partial charge in [-0.15, -0.1) is 0 Å². The number of hydrogen-bond donors (Lipinski definition) is 3. The summed E-state index contributed by atoms with van der Waals surface area (Å²) >= 11 is 0. The zero-order valence-corrected chi connectivity index (χ0v) is 18.1. The number of anilines is 1. The average Bonchev–Trinajstić information content (AvgIpc) is 2.76. The van der Waals surface area contributed by atoms with Gasteiger partial charge in [-0.1, -0.05) is 13.3 Å². The van der Waals surface area contributed by atoms with Crippen LogP contribution in [0.4, 0.5) is 5.95 Å². The molecule has 5 N–H and O–H groups in total. The van der Waals surface area contributed by atoms with Gasteiger partial charge < -0.3 is 20.8 Å². The van der Waals surface area contributed by atoms with Crippen LogP contribution in [-0.4, -0.2) is 44.6 Å². The van der Waals surface area contributed by atoms with Gasteiger partial charge in [-0.05, 0) is 44.7 Å². The van der Waals surface area contributed by atoms with Gasteiger partial charge in [0.1, 0.15) is 17.9 Å². The number of ether oxygens (including phenoxy) is 1. The summed E-state index contributed by atoms with van der Waals surface area (Å²) in [4.78, 5) is 17.3. The molecule has 0 saturated heterocycles. The van der Waals surface area contributed by atoms with Gasteiger partial charge in [0, 0.05) is 13.5 Å². The molecular formula is C21H32N8O. The van der Waals surface area contributed by atoms with Crippen LogP contribution in [0.1, 0.15) is 56.2 Å². The molecule has 30 heavy (non-hydrogen) atoms. The smallest absolute Gasteiger partial charge is 0.226 e. The molecule has 0 bridgehead atoms. The predicted molar refractivity (Wildman–Crippen MR) is 117 cm³/mol. The summed E-state index contributed by atoms with van der Waals surface area (Å²) in [5, 5.41) is 4.64. The van der Waals surface area contributed by atoms with Gasteiger partial charge in [-0.25, -0.2) is 20.8 Å². The van der Waals surface area contributed by atoms with E-state index in [1.807, 2.05) is 26.0 Å². The minimum absolute atomic E-state index is 0.279. The highest BCUT2D eigenvalue weighted by Crippen LogP contribution is 2.26. The molecule has 2 aromatic heterocycles. The Balaban J connectivity index is 1.75. The number of nitrogens with two attached hydrogens (primary N) is 2. The molecule has 2 aromatic rings. The maximum absolute atomic E-state index is 6.43. The SMILES string of the molecule is CCc1ncnc(NC/C(=C(/N)c2ccc(OC3CCCCC3)c(C)n2)N(C)N)n1. The summed E-state index contributed by atoms with van der Waals surface area (Å²) in [5.41, 5.74) is 9.07. The second kappa shape index (κ2) is 10.2. The van der Waals surface area contributed by atoms with Crippen molar-refractivity contribution in [2.45, 2.75) is 58.5 Å². The molecule has 0 aromatic carbocycles. The number of nitrogens with one attached hydrogen (secondary N) is 1. The number of rotatable bonds is 8. The minimum Gasteiger partial charge on any atom is -0.489 e. The number of aromatic nitrogens is 4. The van der Waals surface area contributed by atoms with Crippen molar-refractivity contribution in [2.24, 2.45) is 11.6 Å². The van der Waals surface area contributed by atoms with Crippen molar-refractivity contribution in [3.63, 3.8) is 0 Å². The first kappa shape index (κ1) is 21.8. The van der Waals surface area contributed by atoms with Crippen molar-refractivity contribution in [1.29, 1.82) is 0 Å². The Morgan fingerprint density at radius 3 is 2.63 bits per heavy atom. The third-order valence-corrected chi connectivity index (χ3v) is 5.25. The zero-order chi connectivity index (χ0) is 21.5. The van der Waals surface area contributed by atoms with Crippen molar-refractivity contribution in [3.8, 4) is 5.75 Å². The molecule has 162 valence electrons. The maximum Gasteiger partial charge on any atom is 0.226 e. The summed E-state index contributed by atoms with van der Waals surface area (Å²) in [6, 6.07) is 3.82. The van der Waals surface area contributed by atoms with Crippen LogP contribution in [0.15, 0.2) is 24.2 Å². The first-order valence-corrected chi connectivity index (χ1v) is 10.5. The van der Waals surface area contributed by atoms with E-state index in [1.54, 1.807) is 7.05 Å². The van der Waals surface area contributed by atoms with Crippen LogP contribution >= 0.6 is 0 Å². The lowest BCUT2D eigenvalue weighted by Gasteiger charge is -2.24. The van der Waals surface area contributed by atoms with Gasteiger partial charge in [0.2, 0.25) is 5.95 Å². The summed E-state index contributed by atoms with van der Waals surface area (Å²) in [6.45, 7) is 4.29. The Morgan fingerprint density at radius 1 is 1.20 bits per heavy atom. The summed E-state index contributed by atoms with van der Waals surface area (Å²) in [7, 11) is 1.74. The van der Waals surface area contributed by atoms with E-state index in [9.17, 15) is 0 Å². The van der Waals surface area contributed by atoms with E-state index < -0.39 is 0 Å². The molecule has 3 rings (SSSR count). The van der Waals surface area contributed by atoms with E-state index in [-0.39, 0.29) is 6.10 Å². The quantitative estimate of drug-likeness (QED) is 0.442. The fourth-order valence-electron chi connectivity index (χ4n) is 3.49. The molecule has 1 aliphatic rings. The fraction of sp³-hybridized carbons (Fsp3) is 0.524. The number of hydrazine groups is 1. The van der Waals surface area contributed by atoms with Crippen LogP contribution in [0.25, 0.3) is 5.70 Å². The normalized spacial score (nSPS) is 15.5. The number of hydrogen-bond acceptors (Lipinski definition) is 9. The first-order chi connectivity index (χ1) is 14.5. The van der Waals surface area contributed by atoms with Crippen molar-refractivity contribution < 1.29 is 4.74 Å². The second-order valence-electron chi connectivity index (χ2n) is 7.56. The molecule has 9 nitrogen and oxygen atoms in total. The van der Waals surface area contributed by atoms with Crippen LogP contribution in [0, 0.1) is 6.92 Å². The van der Waals surface area contributed by atoms with Crippen LogP contribution in [0.5, 0.6) is 5.75 Å². The molecule has 1 aliphatic carbocycles. The summed E-state index contributed by atoms with van der Waals surface area (Å²) in [6.07, 6.45) is 8.46. The Hall–Kier alpha value is -2.94. The fourth-order valence-corrected chi connectivity index (χ4v) is 3.49. The van der Waals surface area contributed by atoms with E-state index in [4.69, 9.17) is 16.3 Å². The second-order valence-corrected chi connectivity index (χ2v) is 7.56. The third-order valence-electron chi connectivity index (χ3n) is 5.25. The highest BCUT2D eigenvalue weighted by atomic mass is 16.5. The van der Waals surface area contributed by atoms with Gasteiger partial charge >= 0.3 is 0 Å². The molecule has 2 heterocycles. The molecule has 0 aliphatic heterocycles. The van der Waals surface area contributed by atoms with Crippen LogP contribution in [0.2, 0.25) is 0 Å². The third kappa shape index (κ3) is 5.56. The average molecular weight is 413 g/mol. The van der Waals surface area contributed by atoms with Crippen LogP contribution < -0.4 is 21.6 Å². The molecule has 1 fully saturated rings. The van der Waals surface area contributed by atoms with Crippen LogP contribution in [-0.2, 0) is 6.42 Å². The minimum atomic E-state index is 0.279. The monoisotopic (exact) mass is 412 g/mol. The number of nitrogens with zero attached hydrogens (tertiary/aromatic N) is 5. The largest absolute Gasteiger partial charge is 0.489 e. The predicted octanol–water partition coefficient (Wildman–Crippen LogP) is 2.39. The highest BCUT2D eigenvalue weighted by molar-refractivity contribution is 5.64. The Kier molecular flexibility index (Phi) is 7.40. The van der Waals surface area contributed by atoms with E-state index >= 15 is 0 Å².